The average Bonchev–Trinajstić information content (AvgIpc) is 2.06. The second-order valence-corrected chi connectivity index (χ2v) is 8.28. The van der Waals surface area contributed by atoms with Gasteiger partial charge in [0, 0.05) is 12.4 Å². The molecule has 0 aromatic rings. The molecule has 0 spiro atoms. The highest BCUT2D eigenvalue weighted by Crippen LogP contribution is 2.06. The zero-order chi connectivity index (χ0) is 17.5. The van der Waals surface area contributed by atoms with Gasteiger partial charge in [0.25, 0.3) is 20.2 Å². The number of likely N-dealkylation sites (N-methyl/N-ethyl adjacent to an activating group) is 1. The first-order valence-electron chi connectivity index (χ1n) is 5.47. The molecule has 0 saturated heterocycles. The fourth-order valence-corrected chi connectivity index (χ4v) is 1.31. The van der Waals surface area contributed by atoms with Crippen molar-refractivity contribution in [1.82, 2.24) is 0 Å². The highest BCUT2D eigenvalue weighted by atomic mass is 32.2. The monoisotopic (exact) mass is 351 g/mol. The van der Waals surface area contributed by atoms with E-state index in [2.05, 4.69) is 9.22 Å². The number of carboxylic acids is 1. The molecule has 12 heteroatoms. The van der Waals surface area contributed by atoms with Crippen molar-refractivity contribution in [2.45, 2.75) is 12.5 Å². The number of carbonyl (C=O) groups is 1. The Hall–Kier alpha value is -0.790. The number of hydrogen-bond acceptors (Lipinski definition) is 8. The molecule has 0 bridgehead atoms. The van der Waals surface area contributed by atoms with Crippen LogP contribution in [0.4, 0.5) is 0 Å². The van der Waals surface area contributed by atoms with Gasteiger partial charge in [-0.05, 0) is 0 Å². The summed E-state index contributed by atoms with van der Waals surface area (Å²) in [6.07, 6.45) is 0.229. The predicted molar refractivity (Wildman–Crippen MR) is 70.8 cm³/mol. The minimum atomic E-state index is -3.75. The first-order valence-corrected chi connectivity index (χ1v) is 9.14. The smallest absolute Gasteiger partial charge is 0.290 e. The van der Waals surface area contributed by atoms with Gasteiger partial charge in [-0.1, -0.05) is 0 Å². The van der Waals surface area contributed by atoms with Crippen molar-refractivity contribution in [2.75, 3.05) is 40.2 Å². The van der Waals surface area contributed by atoms with Crippen LogP contribution in [-0.2, 0) is 34.3 Å². The molecule has 0 aliphatic heterocycles. The summed E-state index contributed by atoms with van der Waals surface area (Å²) < 4.78 is 51.7. The van der Waals surface area contributed by atoms with Crippen molar-refractivity contribution in [2.24, 2.45) is 0 Å². The molecule has 0 saturated carbocycles. The number of carboxylic acid groups (broad SMARTS) is 1. The van der Waals surface area contributed by atoms with Crippen molar-refractivity contribution >= 4 is 26.2 Å². The molecule has 0 aliphatic carbocycles. The minimum Gasteiger partial charge on any atom is -0.550 e. The molecular formula is C9H21NO9S2. The van der Waals surface area contributed by atoms with Gasteiger partial charge in [0.2, 0.25) is 0 Å². The van der Waals surface area contributed by atoms with Gasteiger partial charge < -0.3 is 14.4 Å². The van der Waals surface area contributed by atoms with E-state index in [0.717, 1.165) is 6.26 Å². The van der Waals surface area contributed by atoms with Gasteiger partial charge in [-0.15, -0.1) is 4.33 Å². The number of carbonyl (C=O) groups excluding carboxylic acids is 1. The van der Waals surface area contributed by atoms with Crippen molar-refractivity contribution in [1.29, 1.82) is 0 Å². The largest absolute Gasteiger partial charge is 0.550 e. The quantitative estimate of drug-likeness (QED) is 0.230. The molecule has 21 heavy (non-hydrogen) atoms. The molecule has 1 N–H and O–H groups in total. The molecule has 1 atom stereocenters. The summed E-state index contributed by atoms with van der Waals surface area (Å²) in [4.78, 5) is 15.0. The van der Waals surface area contributed by atoms with Crippen LogP contribution in [0, 0.1) is 0 Å². The summed E-state index contributed by atoms with van der Waals surface area (Å²) in [7, 11) is -1.98. The van der Waals surface area contributed by atoms with Crippen LogP contribution < -0.4 is 5.11 Å². The number of rotatable bonds is 7. The summed E-state index contributed by atoms with van der Waals surface area (Å²) in [6.45, 7) is 0.281. The third-order valence-electron chi connectivity index (χ3n) is 1.44. The Bertz CT molecular complexity index is 510. The van der Waals surface area contributed by atoms with Crippen LogP contribution in [-0.4, -0.2) is 78.1 Å². The molecule has 0 unspecified atom stereocenters. The minimum absolute atomic E-state index is 0.281. The SMILES string of the molecule is CS(=O)(=O)O.C[N+](C)(C)C[C@H](CC(=O)[O-])OOS(C)(=O)=O. The highest BCUT2D eigenvalue weighted by Gasteiger charge is 2.22. The molecule has 0 radical (unpaired) electrons. The fourth-order valence-electron chi connectivity index (χ4n) is 1.05. The summed E-state index contributed by atoms with van der Waals surface area (Å²) in [5.74, 6) is -1.32. The Balaban J connectivity index is 0. The molecule has 0 aliphatic rings. The van der Waals surface area contributed by atoms with Gasteiger partial charge in [-0.2, -0.15) is 16.8 Å². The standard InChI is InChI=1S/C8H17NO6S.CH4O3S/c1-9(2,3)6-7(5-8(10)11)14-15-16(4,12)13;1-5(2,3)4/h7H,5-6H2,1-4H3;1H3,(H,2,3,4)/t7-;/m0./s1. The lowest BCUT2D eigenvalue weighted by Crippen LogP contribution is -2.44. The summed E-state index contributed by atoms with van der Waals surface area (Å²) in [5, 5.41) is 10.4. The van der Waals surface area contributed by atoms with Crippen LogP contribution in [0.3, 0.4) is 0 Å². The first-order chi connectivity index (χ1) is 8.99. The number of aliphatic carboxylic acids is 1. The van der Waals surface area contributed by atoms with Gasteiger partial charge in [-0.25, -0.2) is 4.89 Å². The second kappa shape index (κ2) is 8.60. The van der Waals surface area contributed by atoms with Crippen molar-refractivity contribution < 1.29 is 45.0 Å². The van der Waals surface area contributed by atoms with Gasteiger partial charge in [0.05, 0.1) is 33.7 Å². The lowest BCUT2D eigenvalue weighted by molar-refractivity contribution is -0.874. The van der Waals surface area contributed by atoms with E-state index in [0.29, 0.717) is 10.7 Å². The number of quaternary nitrogens is 1. The Morgan fingerprint density at radius 3 is 1.81 bits per heavy atom. The third kappa shape index (κ3) is 28.2. The van der Waals surface area contributed by atoms with Crippen molar-refractivity contribution in [3.05, 3.63) is 0 Å². The zero-order valence-electron chi connectivity index (χ0n) is 12.5. The Morgan fingerprint density at radius 1 is 1.19 bits per heavy atom. The van der Waals surface area contributed by atoms with Gasteiger partial charge in [0.15, 0.2) is 0 Å². The third-order valence-corrected chi connectivity index (χ3v) is 1.77. The maximum Gasteiger partial charge on any atom is 0.290 e. The fraction of sp³-hybridized carbons (Fsp3) is 0.889. The summed E-state index contributed by atoms with van der Waals surface area (Å²) in [5.41, 5.74) is 0. The van der Waals surface area contributed by atoms with Crippen LogP contribution in [0.25, 0.3) is 0 Å². The topological polar surface area (TPSA) is 147 Å². The lowest BCUT2D eigenvalue weighted by atomic mass is 10.2. The van der Waals surface area contributed by atoms with E-state index in [9.17, 15) is 26.7 Å². The van der Waals surface area contributed by atoms with E-state index in [-0.39, 0.29) is 6.54 Å². The van der Waals surface area contributed by atoms with E-state index in [4.69, 9.17) is 4.55 Å². The predicted octanol–water partition coefficient (Wildman–Crippen LogP) is -2.39. The average molecular weight is 351 g/mol. The molecular weight excluding hydrogens is 330 g/mol. The van der Waals surface area contributed by atoms with Crippen LogP contribution in [0.2, 0.25) is 0 Å². The second-order valence-electron chi connectivity index (χ2n) is 5.27. The van der Waals surface area contributed by atoms with E-state index in [1.54, 1.807) is 0 Å². The molecule has 0 fully saturated rings. The Kier molecular flexibility index (Phi) is 9.21. The maximum absolute atomic E-state index is 10.7. The van der Waals surface area contributed by atoms with Gasteiger partial charge >= 0.3 is 0 Å². The number of nitrogens with zero attached hydrogens (tertiary/aromatic N) is 1. The zero-order valence-corrected chi connectivity index (χ0v) is 14.1. The number of hydrogen-bond donors (Lipinski definition) is 1. The molecule has 0 amide bonds. The normalized spacial score (nSPS) is 14.0. The van der Waals surface area contributed by atoms with Crippen LogP contribution >= 0.6 is 0 Å². The van der Waals surface area contributed by atoms with E-state index >= 15 is 0 Å². The maximum atomic E-state index is 10.7. The Morgan fingerprint density at radius 2 is 1.57 bits per heavy atom. The van der Waals surface area contributed by atoms with Crippen LogP contribution in [0.15, 0.2) is 0 Å². The first kappa shape index (κ1) is 22.5. The van der Waals surface area contributed by atoms with E-state index in [1.807, 2.05) is 21.1 Å². The Labute approximate surface area is 124 Å². The van der Waals surface area contributed by atoms with Crippen molar-refractivity contribution in [3.63, 3.8) is 0 Å². The van der Waals surface area contributed by atoms with Gasteiger partial charge in [0.1, 0.15) is 12.6 Å². The molecule has 0 aromatic heterocycles. The van der Waals surface area contributed by atoms with Crippen LogP contribution in [0.1, 0.15) is 6.42 Å². The van der Waals surface area contributed by atoms with Gasteiger partial charge in [-0.3, -0.25) is 4.55 Å². The summed E-state index contributed by atoms with van der Waals surface area (Å²) in [6, 6.07) is 0. The van der Waals surface area contributed by atoms with Crippen LogP contribution in [0.5, 0.6) is 0 Å². The highest BCUT2D eigenvalue weighted by molar-refractivity contribution is 7.85. The molecule has 0 heterocycles. The van der Waals surface area contributed by atoms with E-state index in [1.165, 1.54) is 0 Å². The summed E-state index contributed by atoms with van der Waals surface area (Å²) >= 11 is 0. The molecule has 10 nitrogen and oxygen atoms in total. The molecule has 0 aromatic carbocycles. The lowest BCUT2D eigenvalue weighted by Gasteiger charge is -2.28. The molecule has 128 valence electrons. The van der Waals surface area contributed by atoms with Crippen molar-refractivity contribution in [3.8, 4) is 0 Å². The molecule has 0 rings (SSSR count). The van der Waals surface area contributed by atoms with E-state index < -0.39 is 38.7 Å².